The quantitative estimate of drug-likeness (QED) is 0.697. The summed E-state index contributed by atoms with van der Waals surface area (Å²) in [4.78, 5) is 16.3. The first-order valence-corrected chi connectivity index (χ1v) is 6.85. The van der Waals surface area contributed by atoms with Crippen LogP contribution in [-0.2, 0) is 11.2 Å². The molecule has 1 aromatic carbocycles. The van der Waals surface area contributed by atoms with E-state index in [9.17, 15) is 4.79 Å². The van der Waals surface area contributed by atoms with Crippen LogP contribution in [0.1, 0.15) is 21.9 Å². The first-order valence-electron chi connectivity index (χ1n) is 6.47. The Morgan fingerprint density at radius 1 is 1.24 bits per heavy atom. The maximum absolute atomic E-state index is 11.9. The van der Waals surface area contributed by atoms with Gasteiger partial charge in [0.15, 0.2) is 0 Å². The number of hydrogen-bond donors (Lipinski definition) is 0. The van der Waals surface area contributed by atoms with Gasteiger partial charge in [-0.25, -0.2) is 9.78 Å². The molecule has 4 nitrogen and oxygen atoms in total. The summed E-state index contributed by atoms with van der Waals surface area (Å²) in [5.41, 5.74) is 2.41. The lowest BCUT2D eigenvalue weighted by Gasteiger charge is -2.07. The maximum Gasteiger partial charge on any atom is 0.355 e. The molecule has 21 heavy (non-hydrogen) atoms. The molecule has 0 bridgehead atoms. The predicted molar refractivity (Wildman–Crippen MR) is 80.8 cm³/mol. The SMILES string of the molecule is COC(=O)c1cccc2cnc(Cc3ccc(Cl)cc3)n12. The number of rotatable bonds is 3. The van der Waals surface area contributed by atoms with Crippen LogP contribution < -0.4 is 0 Å². The van der Waals surface area contributed by atoms with Crippen LogP contribution in [0, 0.1) is 0 Å². The standard InChI is InChI=1S/C16H13ClN2O2/c1-21-16(20)14-4-2-3-13-10-18-15(19(13)14)9-11-5-7-12(17)8-6-11/h2-8,10H,9H2,1H3. The molecule has 0 aliphatic carbocycles. The van der Waals surface area contributed by atoms with E-state index < -0.39 is 0 Å². The molecule has 2 aromatic heterocycles. The Morgan fingerprint density at radius 3 is 2.71 bits per heavy atom. The second-order valence-corrected chi connectivity index (χ2v) is 5.08. The number of fused-ring (bicyclic) bond motifs is 1. The smallest absolute Gasteiger partial charge is 0.355 e. The number of imidazole rings is 1. The van der Waals surface area contributed by atoms with Gasteiger partial charge in [-0.15, -0.1) is 0 Å². The summed E-state index contributed by atoms with van der Waals surface area (Å²) in [6.45, 7) is 0. The van der Waals surface area contributed by atoms with Crippen LogP contribution in [0.15, 0.2) is 48.7 Å². The van der Waals surface area contributed by atoms with Crippen molar-refractivity contribution < 1.29 is 9.53 Å². The number of pyridine rings is 1. The average Bonchev–Trinajstić information content (AvgIpc) is 2.92. The average molecular weight is 301 g/mol. The van der Waals surface area contributed by atoms with Gasteiger partial charge < -0.3 is 4.74 Å². The molecule has 0 fully saturated rings. The van der Waals surface area contributed by atoms with Gasteiger partial charge in [0.05, 0.1) is 18.8 Å². The highest BCUT2D eigenvalue weighted by atomic mass is 35.5. The number of ether oxygens (including phenoxy) is 1. The summed E-state index contributed by atoms with van der Waals surface area (Å²) >= 11 is 5.89. The number of carbonyl (C=O) groups is 1. The van der Waals surface area contributed by atoms with Crippen molar-refractivity contribution in [3.05, 3.63) is 70.8 Å². The first kappa shape index (κ1) is 13.6. The minimum atomic E-state index is -0.379. The van der Waals surface area contributed by atoms with Gasteiger partial charge in [-0.05, 0) is 29.8 Å². The third kappa shape index (κ3) is 2.62. The van der Waals surface area contributed by atoms with E-state index in [1.807, 2.05) is 40.8 Å². The fourth-order valence-electron chi connectivity index (χ4n) is 2.29. The lowest BCUT2D eigenvalue weighted by atomic mass is 10.1. The zero-order valence-corrected chi connectivity index (χ0v) is 12.2. The summed E-state index contributed by atoms with van der Waals surface area (Å²) in [6.07, 6.45) is 2.36. The fraction of sp³-hybridized carbons (Fsp3) is 0.125. The fourth-order valence-corrected chi connectivity index (χ4v) is 2.41. The Bertz CT molecular complexity index is 794. The maximum atomic E-state index is 11.9. The molecule has 0 unspecified atom stereocenters. The molecule has 0 radical (unpaired) electrons. The number of nitrogens with zero attached hydrogens (tertiary/aromatic N) is 2. The summed E-state index contributed by atoms with van der Waals surface area (Å²) in [5, 5.41) is 0.696. The number of hydrogen-bond acceptors (Lipinski definition) is 3. The van der Waals surface area contributed by atoms with Crippen molar-refractivity contribution in [3.8, 4) is 0 Å². The Kier molecular flexibility index (Phi) is 3.62. The van der Waals surface area contributed by atoms with Crippen LogP contribution in [0.5, 0.6) is 0 Å². The van der Waals surface area contributed by atoms with Crippen LogP contribution in [0.2, 0.25) is 5.02 Å². The van der Waals surface area contributed by atoms with Gasteiger partial charge in [0.25, 0.3) is 0 Å². The molecule has 0 aliphatic heterocycles. The van der Waals surface area contributed by atoms with Crippen molar-refractivity contribution in [2.45, 2.75) is 6.42 Å². The third-order valence-electron chi connectivity index (χ3n) is 3.29. The van der Waals surface area contributed by atoms with Crippen molar-refractivity contribution in [3.63, 3.8) is 0 Å². The Morgan fingerprint density at radius 2 is 2.00 bits per heavy atom. The summed E-state index contributed by atoms with van der Waals surface area (Å²) in [5.74, 6) is 0.407. The molecule has 5 heteroatoms. The summed E-state index contributed by atoms with van der Waals surface area (Å²) in [7, 11) is 1.37. The molecular formula is C16H13ClN2O2. The van der Waals surface area contributed by atoms with E-state index in [1.165, 1.54) is 7.11 Å². The van der Waals surface area contributed by atoms with Crippen molar-refractivity contribution in [2.24, 2.45) is 0 Å². The molecule has 0 spiro atoms. The monoisotopic (exact) mass is 300 g/mol. The molecule has 3 rings (SSSR count). The lowest BCUT2D eigenvalue weighted by Crippen LogP contribution is -2.10. The number of methoxy groups -OCH3 is 1. The molecule has 0 saturated heterocycles. The largest absolute Gasteiger partial charge is 0.464 e. The lowest BCUT2D eigenvalue weighted by molar-refractivity contribution is 0.0592. The molecule has 0 N–H and O–H groups in total. The molecule has 2 heterocycles. The van der Waals surface area contributed by atoms with Crippen molar-refractivity contribution in [2.75, 3.05) is 7.11 Å². The Hall–Kier alpha value is -2.33. The van der Waals surface area contributed by atoms with Gasteiger partial charge in [-0.1, -0.05) is 29.8 Å². The number of halogens is 1. The van der Waals surface area contributed by atoms with Crippen LogP contribution in [-0.4, -0.2) is 22.5 Å². The molecule has 0 aliphatic rings. The van der Waals surface area contributed by atoms with Crippen LogP contribution in [0.4, 0.5) is 0 Å². The van der Waals surface area contributed by atoms with E-state index in [0.29, 0.717) is 17.1 Å². The van der Waals surface area contributed by atoms with E-state index >= 15 is 0 Å². The highest BCUT2D eigenvalue weighted by molar-refractivity contribution is 6.30. The summed E-state index contributed by atoms with van der Waals surface area (Å²) in [6, 6.07) is 13.0. The number of benzene rings is 1. The van der Waals surface area contributed by atoms with E-state index in [-0.39, 0.29) is 5.97 Å². The molecule has 0 saturated carbocycles. The minimum absolute atomic E-state index is 0.379. The van der Waals surface area contributed by atoms with Gasteiger partial charge >= 0.3 is 5.97 Å². The van der Waals surface area contributed by atoms with Crippen molar-refractivity contribution >= 4 is 23.1 Å². The zero-order valence-electron chi connectivity index (χ0n) is 11.4. The van der Waals surface area contributed by atoms with E-state index in [0.717, 1.165) is 16.9 Å². The second kappa shape index (κ2) is 5.58. The minimum Gasteiger partial charge on any atom is -0.464 e. The highest BCUT2D eigenvalue weighted by Gasteiger charge is 2.14. The normalized spacial score (nSPS) is 10.8. The number of esters is 1. The highest BCUT2D eigenvalue weighted by Crippen LogP contribution is 2.17. The second-order valence-electron chi connectivity index (χ2n) is 4.64. The van der Waals surface area contributed by atoms with E-state index in [4.69, 9.17) is 16.3 Å². The van der Waals surface area contributed by atoms with E-state index in [1.54, 1.807) is 12.3 Å². The van der Waals surface area contributed by atoms with E-state index in [2.05, 4.69) is 4.98 Å². The third-order valence-corrected chi connectivity index (χ3v) is 3.55. The van der Waals surface area contributed by atoms with Crippen LogP contribution in [0.25, 0.3) is 5.52 Å². The zero-order chi connectivity index (χ0) is 14.8. The van der Waals surface area contributed by atoms with Gasteiger partial charge in [0, 0.05) is 11.4 Å². The first-order chi connectivity index (χ1) is 10.2. The van der Waals surface area contributed by atoms with Crippen LogP contribution >= 0.6 is 11.6 Å². The van der Waals surface area contributed by atoms with Gasteiger partial charge in [-0.2, -0.15) is 0 Å². The molecule has 0 atom stereocenters. The summed E-state index contributed by atoms with van der Waals surface area (Å²) < 4.78 is 6.65. The van der Waals surface area contributed by atoms with Gasteiger partial charge in [0.2, 0.25) is 0 Å². The number of aromatic nitrogens is 2. The molecule has 3 aromatic rings. The molecule has 0 amide bonds. The Labute approximate surface area is 126 Å². The predicted octanol–water partition coefficient (Wildman–Crippen LogP) is 3.37. The number of carbonyl (C=O) groups excluding carboxylic acids is 1. The topological polar surface area (TPSA) is 43.6 Å². The molecule has 106 valence electrons. The van der Waals surface area contributed by atoms with Crippen molar-refractivity contribution in [1.82, 2.24) is 9.38 Å². The van der Waals surface area contributed by atoms with Crippen molar-refractivity contribution in [1.29, 1.82) is 0 Å². The van der Waals surface area contributed by atoms with Gasteiger partial charge in [-0.3, -0.25) is 4.40 Å². The molecular weight excluding hydrogens is 288 g/mol. The Balaban J connectivity index is 2.06. The van der Waals surface area contributed by atoms with Gasteiger partial charge in [0.1, 0.15) is 11.5 Å². The van der Waals surface area contributed by atoms with Crippen LogP contribution in [0.3, 0.4) is 0 Å².